The smallest absolute Gasteiger partial charge is 0.378 e. The fourth-order valence-electron chi connectivity index (χ4n) is 5.86. The van der Waals surface area contributed by atoms with Gasteiger partial charge in [0.1, 0.15) is 12.2 Å². The number of carbonyl (C=O) groups excluding carboxylic acids is 2. The molecular weight excluding hydrogens is 592 g/mol. The van der Waals surface area contributed by atoms with Gasteiger partial charge in [-0.15, -0.1) is 0 Å². The Morgan fingerprint density at radius 2 is 1.13 bits per heavy atom. The third-order valence-corrected chi connectivity index (χ3v) is 8.77. The number of ether oxygens (including phenoxy) is 4. The third-order valence-electron chi connectivity index (χ3n) is 8.77. The Morgan fingerprint density at radius 1 is 0.652 bits per heavy atom. The van der Waals surface area contributed by atoms with E-state index in [0.717, 1.165) is 38.5 Å². The average Bonchev–Trinajstić information content (AvgIpc) is 3.33. The second-order valence-electron chi connectivity index (χ2n) is 13.0. The van der Waals surface area contributed by atoms with Crippen LogP contribution in [-0.2, 0) is 28.5 Å². The summed E-state index contributed by atoms with van der Waals surface area (Å²) in [6.45, 7) is 4.19. The van der Waals surface area contributed by atoms with Crippen LogP contribution in [0.1, 0.15) is 149 Å². The summed E-state index contributed by atoms with van der Waals surface area (Å²) in [6, 6.07) is 0. The maximum absolute atomic E-state index is 12.5. The van der Waals surface area contributed by atoms with Gasteiger partial charge in [0.25, 0.3) is 5.78 Å². The molecule has 0 saturated carbocycles. The van der Waals surface area contributed by atoms with Crippen molar-refractivity contribution in [3.05, 3.63) is 0 Å². The number of ketones is 1. The lowest BCUT2D eigenvalue weighted by atomic mass is 10.0. The van der Waals surface area contributed by atoms with E-state index in [1.807, 2.05) is 0 Å². The van der Waals surface area contributed by atoms with Gasteiger partial charge in [0.05, 0.1) is 32.0 Å². The molecule has 1 aliphatic heterocycles. The summed E-state index contributed by atoms with van der Waals surface area (Å²) in [5.41, 5.74) is 0. The van der Waals surface area contributed by atoms with E-state index in [4.69, 9.17) is 18.9 Å². The third kappa shape index (κ3) is 19.6. The SMILES string of the molecule is CCCCCCCCCCCCCCCCOC(CO)C(CC(O)COCCCCCCCC)OC1C(=O)C(=O)O[C@@H]1[C@@H](O)CO. The van der Waals surface area contributed by atoms with E-state index in [-0.39, 0.29) is 13.0 Å². The molecule has 4 N–H and O–H groups in total. The molecule has 0 aromatic rings. The molecule has 0 amide bonds. The first-order valence-corrected chi connectivity index (χ1v) is 18.6. The molecule has 1 fully saturated rings. The maximum atomic E-state index is 12.5. The molecule has 0 bridgehead atoms. The molecule has 0 aromatic heterocycles. The molecule has 0 aromatic carbocycles. The fourth-order valence-corrected chi connectivity index (χ4v) is 5.86. The summed E-state index contributed by atoms with van der Waals surface area (Å²) in [6.07, 6.45) is 16.8. The number of cyclic esters (lactones) is 1. The van der Waals surface area contributed by atoms with Crippen LogP contribution < -0.4 is 0 Å². The molecule has 10 nitrogen and oxygen atoms in total. The van der Waals surface area contributed by atoms with Crippen molar-refractivity contribution in [3.8, 4) is 0 Å². The Hall–Kier alpha value is -1.14. The molecule has 1 rings (SSSR count). The zero-order valence-electron chi connectivity index (χ0n) is 29.1. The summed E-state index contributed by atoms with van der Waals surface area (Å²) in [5, 5.41) is 40.4. The van der Waals surface area contributed by atoms with Crippen molar-refractivity contribution in [3.63, 3.8) is 0 Å². The summed E-state index contributed by atoms with van der Waals surface area (Å²) in [7, 11) is 0. The predicted molar refractivity (Wildman–Crippen MR) is 179 cm³/mol. The van der Waals surface area contributed by atoms with Crippen LogP contribution in [0.5, 0.6) is 0 Å². The van der Waals surface area contributed by atoms with Crippen molar-refractivity contribution >= 4 is 11.8 Å². The molecule has 6 atom stereocenters. The lowest BCUT2D eigenvalue weighted by Gasteiger charge is -2.31. The van der Waals surface area contributed by atoms with Crippen LogP contribution in [-0.4, -0.2) is 102 Å². The maximum Gasteiger partial charge on any atom is 0.378 e. The van der Waals surface area contributed by atoms with Crippen LogP contribution in [0.2, 0.25) is 0 Å². The van der Waals surface area contributed by atoms with Gasteiger partial charge in [-0.2, -0.15) is 0 Å². The standard InChI is InChI=1S/C36H68O10/c1-3-5-7-9-11-12-13-14-15-16-17-18-20-22-24-44-32(27-38)31(25-29(39)28-43-23-21-19-10-8-6-4-2)45-35-33(41)36(42)46-34(35)30(40)26-37/h29-32,34-35,37-40H,3-28H2,1-2H3/t29?,30-,31?,32?,34+,35?/m0/s1. The van der Waals surface area contributed by atoms with Crippen LogP contribution in [0.15, 0.2) is 0 Å². The first-order chi connectivity index (χ1) is 22.4. The summed E-state index contributed by atoms with van der Waals surface area (Å²) in [5.74, 6) is -2.15. The highest BCUT2D eigenvalue weighted by Crippen LogP contribution is 2.24. The molecule has 0 radical (unpaired) electrons. The fraction of sp³-hybridized carbons (Fsp3) is 0.944. The molecular formula is C36H68O10. The Labute approximate surface area is 278 Å². The van der Waals surface area contributed by atoms with Crippen molar-refractivity contribution in [2.45, 2.75) is 185 Å². The second kappa shape index (κ2) is 28.8. The highest BCUT2D eigenvalue weighted by Gasteiger charge is 2.49. The number of esters is 1. The topological polar surface area (TPSA) is 152 Å². The number of carbonyl (C=O) groups is 2. The van der Waals surface area contributed by atoms with Crippen LogP contribution >= 0.6 is 0 Å². The van der Waals surface area contributed by atoms with E-state index in [9.17, 15) is 30.0 Å². The van der Waals surface area contributed by atoms with Crippen LogP contribution in [0.3, 0.4) is 0 Å². The molecule has 0 spiro atoms. The molecule has 1 saturated heterocycles. The van der Waals surface area contributed by atoms with Crippen molar-refractivity contribution < 1.29 is 49.0 Å². The highest BCUT2D eigenvalue weighted by molar-refractivity contribution is 6.37. The van der Waals surface area contributed by atoms with E-state index in [1.165, 1.54) is 89.9 Å². The van der Waals surface area contributed by atoms with E-state index < -0.39 is 61.6 Å². The molecule has 4 unspecified atom stereocenters. The van der Waals surface area contributed by atoms with Gasteiger partial charge >= 0.3 is 5.97 Å². The number of Topliss-reactive ketones (excluding diaryl/α,β-unsaturated/α-hetero) is 1. The Bertz CT molecular complexity index is 736. The Kier molecular flexibility index (Phi) is 26.9. The van der Waals surface area contributed by atoms with Crippen molar-refractivity contribution in [2.24, 2.45) is 0 Å². The molecule has 10 heteroatoms. The van der Waals surface area contributed by atoms with E-state index in [0.29, 0.717) is 13.2 Å². The summed E-state index contributed by atoms with van der Waals surface area (Å²) < 4.78 is 22.5. The minimum absolute atomic E-state index is 0.0274. The van der Waals surface area contributed by atoms with E-state index in [2.05, 4.69) is 13.8 Å². The quantitative estimate of drug-likeness (QED) is 0.0399. The van der Waals surface area contributed by atoms with Crippen molar-refractivity contribution in [1.29, 1.82) is 0 Å². The predicted octanol–water partition coefficient (Wildman–Crippen LogP) is 5.57. The average molecular weight is 661 g/mol. The minimum atomic E-state index is -1.52. The Balaban J connectivity index is 2.50. The number of rotatable bonds is 33. The number of hydrogen-bond acceptors (Lipinski definition) is 10. The number of aliphatic hydroxyl groups excluding tert-OH is 4. The van der Waals surface area contributed by atoms with Gasteiger partial charge in [0.2, 0.25) is 0 Å². The highest BCUT2D eigenvalue weighted by atomic mass is 16.6. The van der Waals surface area contributed by atoms with Gasteiger partial charge in [-0.3, -0.25) is 4.79 Å². The normalized spacial score (nSPS) is 19.3. The van der Waals surface area contributed by atoms with E-state index in [1.54, 1.807) is 0 Å². The minimum Gasteiger partial charge on any atom is -0.450 e. The monoisotopic (exact) mass is 660 g/mol. The number of aliphatic hydroxyl groups is 4. The Morgan fingerprint density at radius 3 is 1.61 bits per heavy atom. The first kappa shape index (κ1) is 42.9. The lowest BCUT2D eigenvalue weighted by Crippen LogP contribution is -2.47. The summed E-state index contributed by atoms with van der Waals surface area (Å²) in [4.78, 5) is 24.5. The van der Waals surface area contributed by atoms with Gasteiger partial charge in [-0.05, 0) is 12.8 Å². The van der Waals surface area contributed by atoms with Crippen molar-refractivity contribution in [2.75, 3.05) is 33.0 Å². The van der Waals surface area contributed by atoms with E-state index >= 15 is 0 Å². The van der Waals surface area contributed by atoms with Gasteiger partial charge in [-0.1, -0.05) is 129 Å². The van der Waals surface area contributed by atoms with Crippen LogP contribution in [0.25, 0.3) is 0 Å². The lowest BCUT2D eigenvalue weighted by molar-refractivity contribution is -0.165. The molecule has 0 aliphatic carbocycles. The second-order valence-corrected chi connectivity index (χ2v) is 13.0. The zero-order chi connectivity index (χ0) is 33.8. The van der Waals surface area contributed by atoms with Gasteiger partial charge in [-0.25, -0.2) is 4.79 Å². The van der Waals surface area contributed by atoms with Gasteiger partial charge in [0.15, 0.2) is 12.2 Å². The number of unbranched alkanes of at least 4 members (excludes halogenated alkanes) is 18. The molecule has 1 aliphatic rings. The molecule has 46 heavy (non-hydrogen) atoms. The van der Waals surface area contributed by atoms with Gasteiger partial charge < -0.3 is 39.4 Å². The number of hydrogen-bond donors (Lipinski definition) is 4. The zero-order valence-corrected chi connectivity index (χ0v) is 29.1. The molecule has 1 heterocycles. The molecule has 272 valence electrons. The summed E-state index contributed by atoms with van der Waals surface area (Å²) >= 11 is 0. The van der Waals surface area contributed by atoms with Crippen LogP contribution in [0, 0.1) is 0 Å². The van der Waals surface area contributed by atoms with Crippen molar-refractivity contribution in [1.82, 2.24) is 0 Å². The first-order valence-electron chi connectivity index (χ1n) is 18.6. The largest absolute Gasteiger partial charge is 0.450 e. The van der Waals surface area contributed by atoms with Gasteiger partial charge in [0, 0.05) is 19.6 Å². The van der Waals surface area contributed by atoms with Crippen LogP contribution in [0.4, 0.5) is 0 Å².